The van der Waals surface area contributed by atoms with E-state index in [2.05, 4.69) is 17.4 Å². The summed E-state index contributed by atoms with van der Waals surface area (Å²) in [6.45, 7) is 2.38. The molecule has 3 heteroatoms. The van der Waals surface area contributed by atoms with Crippen molar-refractivity contribution in [1.29, 1.82) is 0 Å². The van der Waals surface area contributed by atoms with Gasteiger partial charge in [0.05, 0.1) is 0 Å². The van der Waals surface area contributed by atoms with Crippen LogP contribution in [0.4, 0.5) is 0 Å². The molecule has 0 aliphatic carbocycles. The van der Waals surface area contributed by atoms with Gasteiger partial charge in [-0.2, -0.15) is 0 Å². The van der Waals surface area contributed by atoms with E-state index in [1.54, 1.807) is 0 Å². The predicted molar refractivity (Wildman–Crippen MR) is 67.8 cm³/mol. The van der Waals surface area contributed by atoms with Crippen LogP contribution in [0.15, 0.2) is 29.2 Å². The Bertz CT molecular complexity index is 293. The highest BCUT2D eigenvalue weighted by Crippen LogP contribution is 2.24. The van der Waals surface area contributed by atoms with Gasteiger partial charge in [0.15, 0.2) is 0 Å². The van der Waals surface area contributed by atoms with Crippen LogP contribution in [0.2, 0.25) is 5.02 Å². The average Bonchev–Trinajstić information content (AvgIpc) is 2.30. The van der Waals surface area contributed by atoms with Crippen LogP contribution in [0, 0.1) is 5.92 Å². The number of halogens is 1. The van der Waals surface area contributed by atoms with Crippen molar-refractivity contribution in [2.45, 2.75) is 17.7 Å². The number of rotatable bonds is 3. The lowest BCUT2D eigenvalue weighted by Crippen LogP contribution is -2.30. The second-order valence-electron chi connectivity index (χ2n) is 3.98. The van der Waals surface area contributed by atoms with Crippen LogP contribution in [0.1, 0.15) is 12.8 Å². The van der Waals surface area contributed by atoms with E-state index < -0.39 is 0 Å². The van der Waals surface area contributed by atoms with Gasteiger partial charge in [0.25, 0.3) is 0 Å². The molecule has 0 aromatic heterocycles. The minimum atomic E-state index is 0.818. The Hall–Kier alpha value is -0.180. The van der Waals surface area contributed by atoms with Gasteiger partial charge < -0.3 is 5.32 Å². The Morgan fingerprint density at radius 1 is 1.33 bits per heavy atom. The molecule has 0 amide bonds. The normalized spacial score (nSPS) is 21.5. The molecule has 1 aromatic rings. The third-order valence-electron chi connectivity index (χ3n) is 2.70. The SMILES string of the molecule is Clc1ccc(SC[C@H]2CCCNC2)cc1. The molecule has 1 nitrogen and oxygen atoms in total. The number of thioether (sulfide) groups is 1. The number of nitrogens with one attached hydrogen (secondary N) is 1. The Kier molecular flexibility index (Phi) is 4.36. The highest BCUT2D eigenvalue weighted by Gasteiger charge is 2.12. The monoisotopic (exact) mass is 241 g/mol. The Morgan fingerprint density at radius 3 is 2.80 bits per heavy atom. The summed E-state index contributed by atoms with van der Waals surface area (Å²) >= 11 is 7.78. The summed E-state index contributed by atoms with van der Waals surface area (Å²) < 4.78 is 0. The molecule has 1 atom stereocenters. The van der Waals surface area contributed by atoms with Crippen LogP contribution < -0.4 is 5.32 Å². The highest BCUT2D eigenvalue weighted by atomic mass is 35.5. The van der Waals surface area contributed by atoms with Crippen molar-refractivity contribution in [3.8, 4) is 0 Å². The second kappa shape index (κ2) is 5.78. The van der Waals surface area contributed by atoms with E-state index in [1.165, 1.54) is 36.6 Å². The molecule has 1 aromatic carbocycles. The minimum absolute atomic E-state index is 0.818. The molecule has 0 bridgehead atoms. The number of hydrogen-bond donors (Lipinski definition) is 1. The zero-order valence-electron chi connectivity index (χ0n) is 8.71. The lowest BCUT2D eigenvalue weighted by atomic mass is 10.0. The number of piperidine rings is 1. The van der Waals surface area contributed by atoms with Gasteiger partial charge in [-0.25, -0.2) is 0 Å². The standard InChI is InChI=1S/C12H16ClNS/c13-11-3-5-12(6-4-11)15-9-10-2-1-7-14-8-10/h3-6,10,14H,1-2,7-9H2/t10-/m0/s1. The van der Waals surface area contributed by atoms with Crippen molar-refractivity contribution in [2.75, 3.05) is 18.8 Å². The lowest BCUT2D eigenvalue weighted by molar-refractivity contribution is 0.410. The molecule has 0 saturated carbocycles. The fourth-order valence-electron chi connectivity index (χ4n) is 1.81. The van der Waals surface area contributed by atoms with Gasteiger partial charge in [-0.15, -0.1) is 11.8 Å². The van der Waals surface area contributed by atoms with E-state index in [9.17, 15) is 0 Å². The van der Waals surface area contributed by atoms with Gasteiger partial charge in [0.1, 0.15) is 0 Å². The summed E-state index contributed by atoms with van der Waals surface area (Å²) in [5.41, 5.74) is 0. The zero-order valence-corrected chi connectivity index (χ0v) is 10.3. The Balaban J connectivity index is 1.79. The molecule has 82 valence electrons. The van der Waals surface area contributed by atoms with E-state index in [-0.39, 0.29) is 0 Å². The number of benzene rings is 1. The van der Waals surface area contributed by atoms with Gasteiger partial charge >= 0.3 is 0 Å². The largest absolute Gasteiger partial charge is 0.316 e. The van der Waals surface area contributed by atoms with Crippen molar-refractivity contribution < 1.29 is 0 Å². The number of hydrogen-bond acceptors (Lipinski definition) is 2. The summed E-state index contributed by atoms with van der Waals surface area (Å²) in [5, 5.41) is 4.26. The third kappa shape index (κ3) is 3.71. The molecule has 1 saturated heterocycles. The third-order valence-corrected chi connectivity index (χ3v) is 4.19. The van der Waals surface area contributed by atoms with Gasteiger partial charge in [0.2, 0.25) is 0 Å². The van der Waals surface area contributed by atoms with Crippen molar-refractivity contribution in [3.05, 3.63) is 29.3 Å². The van der Waals surface area contributed by atoms with E-state index in [0.717, 1.165) is 10.9 Å². The van der Waals surface area contributed by atoms with Crippen LogP contribution in [-0.4, -0.2) is 18.8 Å². The molecule has 0 radical (unpaired) electrons. The van der Waals surface area contributed by atoms with Gasteiger partial charge in [-0.1, -0.05) is 11.6 Å². The molecular weight excluding hydrogens is 226 g/mol. The summed E-state index contributed by atoms with van der Waals surface area (Å²) in [7, 11) is 0. The van der Waals surface area contributed by atoms with Crippen LogP contribution in [-0.2, 0) is 0 Å². The highest BCUT2D eigenvalue weighted by molar-refractivity contribution is 7.99. The summed E-state index contributed by atoms with van der Waals surface area (Å²) in [4.78, 5) is 1.32. The summed E-state index contributed by atoms with van der Waals surface area (Å²) in [5.74, 6) is 2.05. The molecule has 15 heavy (non-hydrogen) atoms. The van der Waals surface area contributed by atoms with Gasteiger partial charge in [0, 0.05) is 15.7 Å². The van der Waals surface area contributed by atoms with Crippen molar-refractivity contribution >= 4 is 23.4 Å². The van der Waals surface area contributed by atoms with Crippen molar-refractivity contribution in [2.24, 2.45) is 5.92 Å². The molecule has 0 spiro atoms. The van der Waals surface area contributed by atoms with Crippen LogP contribution >= 0.6 is 23.4 Å². The average molecular weight is 242 g/mol. The molecule has 1 N–H and O–H groups in total. The molecule has 1 heterocycles. The fraction of sp³-hybridized carbons (Fsp3) is 0.500. The Morgan fingerprint density at radius 2 is 2.13 bits per heavy atom. The van der Waals surface area contributed by atoms with E-state index in [4.69, 9.17) is 11.6 Å². The van der Waals surface area contributed by atoms with Crippen molar-refractivity contribution in [1.82, 2.24) is 5.32 Å². The first-order chi connectivity index (χ1) is 7.34. The first-order valence-corrected chi connectivity index (χ1v) is 6.80. The minimum Gasteiger partial charge on any atom is -0.316 e. The van der Waals surface area contributed by atoms with E-state index >= 15 is 0 Å². The maximum absolute atomic E-state index is 5.84. The van der Waals surface area contributed by atoms with Crippen LogP contribution in [0.3, 0.4) is 0 Å². The van der Waals surface area contributed by atoms with Crippen molar-refractivity contribution in [3.63, 3.8) is 0 Å². The first kappa shape index (κ1) is 11.3. The predicted octanol–water partition coefficient (Wildman–Crippen LogP) is 3.43. The molecule has 2 rings (SSSR count). The Labute approximate surface area is 101 Å². The molecule has 1 aliphatic rings. The lowest BCUT2D eigenvalue weighted by Gasteiger charge is -2.22. The fourth-order valence-corrected chi connectivity index (χ4v) is 2.98. The first-order valence-electron chi connectivity index (χ1n) is 5.44. The van der Waals surface area contributed by atoms with Crippen LogP contribution in [0.25, 0.3) is 0 Å². The van der Waals surface area contributed by atoms with E-state index in [1.807, 2.05) is 23.9 Å². The quantitative estimate of drug-likeness (QED) is 0.814. The second-order valence-corrected chi connectivity index (χ2v) is 5.51. The molecule has 0 unspecified atom stereocenters. The maximum atomic E-state index is 5.84. The van der Waals surface area contributed by atoms with Gasteiger partial charge in [-0.3, -0.25) is 0 Å². The van der Waals surface area contributed by atoms with Crippen LogP contribution in [0.5, 0.6) is 0 Å². The molecular formula is C12H16ClNS. The zero-order chi connectivity index (χ0) is 10.5. The summed E-state index contributed by atoms with van der Waals surface area (Å²) in [6.07, 6.45) is 2.69. The maximum Gasteiger partial charge on any atom is 0.0406 e. The topological polar surface area (TPSA) is 12.0 Å². The smallest absolute Gasteiger partial charge is 0.0406 e. The van der Waals surface area contributed by atoms with Gasteiger partial charge in [-0.05, 0) is 56.1 Å². The summed E-state index contributed by atoms with van der Waals surface area (Å²) in [6, 6.07) is 8.12. The molecule has 1 fully saturated rings. The molecule has 1 aliphatic heterocycles. The van der Waals surface area contributed by atoms with E-state index in [0.29, 0.717) is 0 Å².